The van der Waals surface area contributed by atoms with E-state index >= 15 is 0 Å². The van der Waals surface area contributed by atoms with Crippen molar-refractivity contribution in [1.82, 2.24) is 4.98 Å². The van der Waals surface area contributed by atoms with E-state index in [-0.39, 0.29) is 12.2 Å². The van der Waals surface area contributed by atoms with Crippen molar-refractivity contribution in [2.45, 2.75) is 65.0 Å². The van der Waals surface area contributed by atoms with Crippen molar-refractivity contribution in [3.8, 4) is 0 Å². The first-order valence-electron chi connectivity index (χ1n) is 8.84. The van der Waals surface area contributed by atoms with Gasteiger partial charge >= 0.3 is 7.12 Å². The van der Waals surface area contributed by atoms with Gasteiger partial charge in [-0.1, -0.05) is 0 Å². The molecule has 0 radical (unpaired) electrons. The van der Waals surface area contributed by atoms with Crippen molar-refractivity contribution in [3.63, 3.8) is 0 Å². The lowest BCUT2D eigenvalue weighted by molar-refractivity contribution is -0.00549. The lowest BCUT2D eigenvalue weighted by Crippen LogP contribution is -2.46. The average molecular weight is 346 g/mol. The summed E-state index contributed by atoms with van der Waals surface area (Å²) in [6.45, 7) is 13.5. The molecule has 2 aliphatic heterocycles. The molecule has 6 nitrogen and oxygen atoms in total. The number of carbonyl (C=O) groups is 1. The predicted octanol–water partition coefficient (Wildman–Crippen LogP) is 1.81. The number of ether oxygens (including phenoxy) is 1. The molecule has 0 aromatic carbocycles. The molecule has 0 saturated carbocycles. The molecule has 0 spiro atoms. The number of carbonyl (C=O) groups excluding carboxylic acids is 1. The third-order valence-electron chi connectivity index (χ3n) is 5.29. The third-order valence-corrected chi connectivity index (χ3v) is 5.29. The molecule has 25 heavy (non-hydrogen) atoms. The van der Waals surface area contributed by atoms with Gasteiger partial charge in [0.2, 0.25) is 0 Å². The van der Waals surface area contributed by atoms with E-state index < -0.39 is 18.3 Å². The van der Waals surface area contributed by atoms with Crippen LogP contribution in [-0.2, 0) is 14.0 Å². The molecule has 2 saturated heterocycles. The summed E-state index contributed by atoms with van der Waals surface area (Å²) in [7, 11) is -0.521. The molecule has 0 bridgehead atoms. The van der Waals surface area contributed by atoms with Crippen LogP contribution in [0.15, 0.2) is 12.3 Å². The first-order chi connectivity index (χ1) is 11.6. The monoisotopic (exact) mass is 346 g/mol. The maximum Gasteiger partial charge on any atom is 0.496 e. The van der Waals surface area contributed by atoms with Gasteiger partial charge in [-0.2, -0.15) is 0 Å². The van der Waals surface area contributed by atoms with Crippen LogP contribution in [0.5, 0.6) is 0 Å². The lowest BCUT2D eigenvalue weighted by atomic mass is 9.79. The van der Waals surface area contributed by atoms with Crippen molar-refractivity contribution < 1.29 is 18.8 Å². The summed E-state index contributed by atoms with van der Waals surface area (Å²) < 4.78 is 17.9. The molecule has 0 aliphatic carbocycles. The van der Waals surface area contributed by atoms with Crippen molar-refractivity contribution in [2.24, 2.45) is 0 Å². The minimum atomic E-state index is -0.521. The Hall–Kier alpha value is -1.44. The van der Waals surface area contributed by atoms with E-state index in [0.717, 1.165) is 11.7 Å². The molecule has 2 atom stereocenters. The molecule has 0 unspecified atom stereocenters. The average Bonchev–Trinajstić information content (AvgIpc) is 2.74. The second-order valence-corrected chi connectivity index (χ2v) is 8.05. The Morgan fingerprint density at radius 2 is 1.72 bits per heavy atom. The highest BCUT2D eigenvalue weighted by atomic mass is 16.7. The second-order valence-electron chi connectivity index (χ2n) is 8.05. The highest BCUT2D eigenvalue weighted by Gasteiger charge is 2.52. The van der Waals surface area contributed by atoms with Crippen LogP contribution in [0, 0.1) is 0 Å². The molecule has 136 valence electrons. The first kappa shape index (κ1) is 18.4. The Bertz CT molecular complexity index is 638. The Balaban J connectivity index is 1.87. The van der Waals surface area contributed by atoms with Gasteiger partial charge in [-0.05, 0) is 47.6 Å². The zero-order chi connectivity index (χ0) is 18.4. The van der Waals surface area contributed by atoms with Crippen molar-refractivity contribution in [1.29, 1.82) is 0 Å². The van der Waals surface area contributed by atoms with Gasteiger partial charge < -0.3 is 18.9 Å². The van der Waals surface area contributed by atoms with Crippen LogP contribution < -0.4 is 10.4 Å². The zero-order valence-electron chi connectivity index (χ0n) is 15.9. The molecule has 7 heteroatoms. The summed E-state index contributed by atoms with van der Waals surface area (Å²) in [6.07, 6.45) is 2.80. The topological polar surface area (TPSA) is 60.9 Å². The fourth-order valence-corrected chi connectivity index (χ4v) is 3.30. The molecular weight excluding hydrogens is 319 g/mol. The maximum absolute atomic E-state index is 11.7. The van der Waals surface area contributed by atoms with E-state index in [1.165, 1.54) is 0 Å². The number of hydrogen-bond donors (Lipinski definition) is 0. The number of aromatic nitrogens is 1. The molecule has 1 aromatic rings. The van der Waals surface area contributed by atoms with E-state index in [1.54, 1.807) is 6.20 Å². The summed E-state index contributed by atoms with van der Waals surface area (Å²) in [5.74, 6) is 0.692. The van der Waals surface area contributed by atoms with Crippen molar-refractivity contribution in [3.05, 3.63) is 17.8 Å². The highest BCUT2D eigenvalue weighted by Crippen LogP contribution is 2.36. The summed E-state index contributed by atoms with van der Waals surface area (Å²) in [4.78, 5) is 18.3. The number of aldehydes is 1. The smallest absolute Gasteiger partial charge is 0.399 e. The first-order valence-corrected chi connectivity index (χ1v) is 8.84. The van der Waals surface area contributed by atoms with Gasteiger partial charge in [0, 0.05) is 24.7 Å². The molecule has 3 rings (SSSR count). The van der Waals surface area contributed by atoms with Gasteiger partial charge in [0.15, 0.2) is 6.29 Å². The minimum absolute atomic E-state index is 0.104. The molecule has 3 heterocycles. The number of nitrogens with zero attached hydrogens (tertiary/aromatic N) is 2. The zero-order valence-corrected chi connectivity index (χ0v) is 15.9. The number of anilines is 1. The molecule has 0 amide bonds. The van der Waals surface area contributed by atoms with Crippen LogP contribution in [0.2, 0.25) is 0 Å². The van der Waals surface area contributed by atoms with Gasteiger partial charge in [-0.15, -0.1) is 0 Å². The molecule has 2 fully saturated rings. The number of pyridine rings is 1. The van der Waals surface area contributed by atoms with Crippen LogP contribution in [0.4, 0.5) is 5.82 Å². The van der Waals surface area contributed by atoms with Gasteiger partial charge in [-0.25, -0.2) is 4.98 Å². The summed E-state index contributed by atoms with van der Waals surface area (Å²) in [5, 5.41) is 0. The highest BCUT2D eigenvalue weighted by molar-refractivity contribution is 6.62. The Morgan fingerprint density at radius 3 is 2.24 bits per heavy atom. The number of hydrogen-bond acceptors (Lipinski definition) is 6. The largest absolute Gasteiger partial charge is 0.496 e. The van der Waals surface area contributed by atoms with Crippen molar-refractivity contribution in [2.75, 3.05) is 18.0 Å². The quantitative estimate of drug-likeness (QED) is 0.615. The van der Waals surface area contributed by atoms with Crippen LogP contribution in [0.3, 0.4) is 0 Å². The fraction of sp³-hybridized carbons (Fsp3) is 0.667. The van der Waals surface area contributed by atoms with Gasteiger partial charge in [0.1, 0.15) is 5.82 Å². The predicted molar refractivity (Wildman–Crippen MR) is 97.6 cm³/mol. The molecular formula is C18H27BN2O4. The molecule has 0 N–H and O–H groups in total. The Labute approximate surface area is 150 Å². The Morgan fingerprint density at radius 1 is 1.16 bits per heavy atom. The lowest BCUT2D eigenvalue weighted by Gasteiger charge is -2.36. The van der Waals surface area contributed by atoms with E-state index in [1.807, 2.05) is 47.6 Å². The van der Waals surface area contributed by atoms with E-state index in [0.29, 0.717) is 24.5 Å². The normalized spacial score (nSPS) is 28.2. The summed E-state index contributed by atoms with van der Waals surface area (Å²) in [6, 6.07) is 1.82. The third kappa shape index (κ3) is 3.45. The van der Waals surface area contributed by atoms with Crippen LogP contribution in [-0.4, -0.2) is 54.9 Å². The molecule has 1 aromatic heterocycles. The van der Waals surface area contributed by atoms with E-state index in [2.05, 4.69) is 9.88 Å². The van der Waals surface area contributed by atoms with E-state index in [9.17, 15) is 4.79 Å². The van der Waals surface area contributed by atoms with Gasteiger partial charge in [0.05, 0.1) is 29.0 Å². The minimum Gasteiger partial charge on any atom is -0.399 e. The van der Waals surface area contributed by atoms with Crippen LogP contribution in [0.25, 0.3) is 0 Å². The van der Waals surface area contributed by atoms with Crippen LogP contribution >= 0.6 is 0 Å². The summed E-state index contributed by atoms with van der Waals surface area (Å²) in [5.41, 5.74) is 0.465. The van der Waals surface area contributed by atoms with Crippen molar-refractivity contribution >= 4 is 24.7 Å². The standard InChI is InChI=1S/C18H27BN2O4/c1-12-9-21(10-13(2)23-12)16-14(11-22)7-15(8-20-16)19-24-17(3,4)18(5,6)25-19/h7-8,11-13H,9-10H2,1-6H3/t12-,13+. The number of morpholine rings is 1. The maximum atomic E-state index is 11.7. The van der Waals surface area contributed by atoms with E-state index in [4.69, 9.17) is 14.0 Å². The number of rotatable bonds is 3. The van der Waals surface area contributed by atoms with Gasteiger partial charge in [-0.3, -0.25) is 4.79 Å². The van der Waals surface area contributed by atoms with Gasteiger partial charge in [0.25, 0.3) is 0 Å². The second kappa shape index (κ2) is 6.38. The van der Waals surface area contributed by atoms with Crippen LogP contribution in [0.1, 0.15) is 51.9 Å². The SMILES string of the molecule is C[C@@H]1CN(c2ncc(B3OC(C)(C)C(C)(C)O3)cc2C=O)C[C@H](C)O1. The molecule has 2 aliphatic rings. The fourth-order valence-electron chi connectivity index (χ4n) is 3.30. The summed E-state index contributed by atoms with van der Waals surface area (Å²) >= 11 is 0. The Kier molecular flexibility index (Phi) is 4.68.